The zero-order valence-corrected chi connectivity index (χ0v) is 14.1. The summed E-state index contributed by atoms with van der Waals surface area (Å²) in [6, 6.07) is 0.232. The van der Waals surface area contributed by atoms with E-state index in [-0.39, 0.29) is 17.9 Å². The Morgan fingerprint density at radius 2 is 1.50 bits per heavy atom. The van der Waals surface area contributed by atoms with Crippen molar-refractivity contribution in [3.8, 4) is 0 Å². The van der Waals surface area contributed by atoms with Crippen molar-refractivity contribution >= 4 is 11.8 Å². The Kier molecular flexibility index (Phi) is 17.0. The van der Waals surface area contributed by atoms with E-state index in [1.54, 1.807) is 0 Å². The molecule has 0 heterocycles. The van der Waals surface area contributed by atoms with Crippen LogP contribution in [0.4, 0.5) is 0 Å². The van der Waals surface area contributed by atoms with Crippen LogP contribution in [0.1, 0.15) is 79.6 Å². The molecular weight excluding hydrogens is 252 g/mol. The predicted molar refractivity (Wildman–Crippen MR) is 85.6 cm³/mol. The van der Waals surface area contributed by atoms with Crippen LogP contribution in [0.3, 0.4) is 0 Å². The first-order valence-corrected chi connectivity index (χ1v) is 8.16. The summed E-state index contributed by atoms with van der Waals surface area (Å²) in [5.41, 5.74) is 0. The number of rotatable bonds is 10. The number of unbranched alkanes of at least 4 members (excludes halogenated alkanes) is 1. The summed E-state index contributed by atoms with van der Waals surface area (Å²) in [6.45, 7) is 10.8. The second-order valence-electron chi connectivity index (χ2n) is 4.81. The van der Waals surface area contributed by atoms with E-state index in [1.807, 2.05) is 34.6 Å². The lowest BCUT2D eigenvalue weighted by molar-refractivity contribution is -0.122. The van der Waals surface area contributed by atoms with Crippen LogP contribution < -0.4 is 10.6 Å². The lowest BCUT2D eigenvalue weighted by Gasteiger charge is -2.13. The van der Waals surface area contributed by atoms with Gasteiger partial charge in [0.2, 0.25) is 11.8 Å². The van der Waals surface area contributed by atoms with E-state index >= 15 is 0 Å². The van der Waals surface area contributed by atoms with E-state index in [2.05, 4.69) is 10.6 Å². The largest absolute Gasteiger partial charge is 0.356 e. The summed E-state index contributed by atoms with van der Waals surface area (Å²) >= 11 is 0. The van der Waals surface area contributed by atoms with Gasteiger partial charge in [-0.05, 0) is 39.0 Å². The van der Waals surface area contributed by atoms with E-state index in [4.69, 9.17) is 0 Å². The monoisotopic (exact) mass is 286 g/mol. The topological polar surface area (TPSA) is 58.2 Å². The molecule has 20 heavy (non-hydrogen) atoms. The minimum absolute atomic E-state index is 0.140. The molecule has 4 heteroatoms. The van der Waals surface area contributed by atoms with Crippen LogP contribution in [0.25, 0.3) is 0 Å². The van der Waals surface area contributed by atoms with Crippen molar-refractivity contribution in [1.29, 1.82) is 0 Å². The maximum Gasteiger partial charge on any atom is 0.220 e. The summed E-state index contributed by atoms with van der Waals surface area (Å²) in [7, 11) is 0. The minimum atomic E-state index is 0.140. The molecule has 0 aliphatic heterocycles. The number of carbonyl (C=O) groups excluding carboxylic acids is 2. The van der Waals surface area contributed by atoms with Crippen molar-refractivity contribution in [1.82, 2.24) is 10.6 Å². The molecule has 0 saturated carbocycles. The number of carbonyl (C=O) groups is 2. The molecule has 0 radical (unpaired) electrons. The highest BCUT2D eigenvalue weighted by Crippen LogP contribution is 2.01. The second kappa shape index (κ2) is 16.0. The smallest absolute Gasteiger partial charge is 0.220 e. The first-order chi connectivity index (χ1) is 9.60. The Balaban J connectivity index is 0. The normalized spacial score (nSPS) is 11.1. The van der Waals surface area contributed by atoms with Crippen LogP contribution in [0, 0.1) is 0 Å². The van der Waals surface area contributed by atoms with Crippen molar-refractivity contribution in [3.05, 3.63) is 0 Å². The molecule has 0 bridgehead atoms. The highest BCUT2D eigenvalue weighted by atomic mass is 16.2. The molecule has 4 nitrogen and oxygen atoms in total. The van der Waals surface area contributed by atoms with E-state index in [0.717, 1.165) is 38.6 Å². The highest BCUT2D eigenvalue weighted by Gasteiger charge is 2.05. The van der Waals surface area contributed by atoms with Crippen LogP contribution >= 0.6 is 0 Å². The molecule has 0 rings (SSSR count). The van der Waals surface area contributed by atoms with Crippen molar-refractivity contribution in [3.63, 3.8) is 0 Å². The summed E-state index contributed by atoms with van der Waals surface area (Å²) in [6.07, 6.45) is 5.98. The van der Waals surface area contributed by atoms with Crippen LogP contribution in [0.15, 0.2) is 0 Å². The molecule has 2 amide bonds. The average molecular weight is 286 g/mol. The first kappa shape index (κ1) is 21.2. The quantitative estimate of drug-likeness (QED) is 0.605. The molecule has 0 aromatic heterocycles. The number of amides is 2. The predicted octanol–water partition coefficient (Wildman–Crippen LogP) is 3.40. The molecule has 0 saturated heterocycles. The Hall–Kier alpha value is -1.06. The van der Waals surface area contributed by atoms with E-state index < -0.39 is 0 Å². The van der Waals surface area contributed by atoms with Crippen LogP contribution in [0.2, 0.25) is 0 Å². The fraction of sp³-hybridized carbons (Fsp3) is 0.875. The van der Waals surface area contributed by atoms with E-state index in [1.165, 1.54) is 0 Å². The SMILES string of the molecule is CC.CCCC(=O)NCCCC[C@@H](C)NC(=O)CCC. The summed E-state index contributed by atoms with van der Waals surface area (Å²) < 4.78 is 0. The van der Waals surface area contributed by atoms with Gasteiger partial charge in [-0.3, -0.25) is 9.59 Å². The van der Waals surface area contributed by atoms with Crippen molar-refractivity contribution in [2.24, 2.45) is 0 Å². The van der Waals surface area contributed by atoms with Crippen LogP contribution in [-0.2, 0) is 9.59 Å². The van der Waals surface area contributed by atoms with Crippen molar-refractivity contribution in [2.45, 2.75) is 85.6 Å². The maximum absolute atomic E-state index is 11.3. The van der Waals surface area contributed by atoms with Gasteiger partial charge < -0.3 is 10.6 Å². The third-order valence-electron chi connectivity index (χ3n) is 2.75. The Bertz CT molecular complexity index is 243. The maximum atomic E-state index is 11.3. The summed E-state index contributed by atoms with van der Waals surface area (Å²) in [4.78, 5) is 22.5. The van der Waals surface area contributed by atoms with Gasteiger partial charge in [-0.2, -0.15) is 0 Å². The molecule has 0 fully saturated rings. The number of hydrogen-bond acceptors (Lipinski definition) is 2. The Morgan fingerprint density at radius 1 is 0.950 bits per heavy atom. The molecule has 0 spiro atoms. The molecule has 120 valence electrons. The Labute approximate surface area is 125 Å². The van der Waals surface area contributed by atoms with Gasteiger partial charge >= 0.3 is 0 Å². The van der Waals surface area contributed by atoms with Gasteiger partial charge in [0.15, 0.2) is 0 Å². The third kappa shape index (κ3) is 15.0. The highest BCUT2D eigenvalue weighted by molar-refractivity contribution is 5.76. The molecular formula is C16H34N2O2. The van der Waals surface area contributed by atoms with Gasteiger partial charge in [-0.15, -0.1) is 0 Å². The van der Waals surface area contributed by atoms with Crippen molar-refractivity contribution in [2.75, 3.05) is 6.54 Å². The van der Waals surface area contributed by atoms with E-state index in [9.17, 15) is 9.59 Å². The number of nitrogens with one attached hydrogen (secondary N) is 2. The minimum Gasteiger partial charge on any atom is -0.356 e. The van der Waals surface area contributed by atoms with Gasteiger partial charge in [0.05, 0.1) is 0 Å². The molecule has 0 aliphatic rings. The third-order valence-corrected chi connectivity index (χ3v) is 2.75. The summed E-state index contributed by atoms with van der Waals surface area (Å²) in [5, 5.41) is 5.87. The van der Waals surface area contributed by atoms with Gasteiger partial charge in [0.25, 0.3) is 0 Å². The van der Waals surface area contributed by atoms with E-state index in [0.29, 0.717) is 12.8 Å². The summed E-state index contributed by atoms with van der Waals surface area (Å²) in [5.74, 6) is 0.281. The average Bonchev–Trinajstić information content (AvgIpc) is 2.41. The standard InChI is InChI=1S/C14H28N2O2.C2H6/c1-4-8-13(17)15-11-7-6-10-12(3)16-14(18)9-5-2;1-2/h12H,4-11H2,1-3H3,(H,15,17)(H,16,18);1-2H3/t12-;/m1./s1. The van der Waals surface area contributed by atoms with Crippen molar-refractivity contribution < 1.29 is 9.59 Å². The van der Waals surface area contributed by atoms with Gasteiger partial charge in [0.1, 0.15) is 0 Å². The fourth-order valence-corrected chi connectivity index (χ4v) is 1.77. The van der Waals surface area contributed by atoms with Gasteiger partial charge in [-0.1, -0.05) is 27.7 Å². The lowest BCUT2D eigenvalue weighted by atomic mass is 10.1. The molecule has 1 atom stereocenters. The van der Waals surface area contributed by atoms with Crippen LogP contribution in [0.5, 0.6) is 0 Å². The zero-order valence-electron chi connectivity index (χ0n) is 14.1. The molecule has 0 aliphatic carbocycles. The Morgan fingerprint density at radius 3 is 2.05 bits per heavy atom. The van der Waals surface area contributed by atoms with Gasteiger partial charge in [0, 0.05) is 25.4 Å². The second-order valence-corrected chi connectivity index (χ2v) is 4.81. The lowest BCUT2D eigenvalue weighted by Crippen LogP contribution is -2.32. The molecule has 0 unspecified atom stereocenters. The first-order valence-electron chi connectivity index (χ1n) is 8.16. The number of hydrogen-bond donors (Lipinski definition) is 2. The molecule has 0 aromatic carbocycles. The molecule has 2 N–H and O–H groups in total. The molecule has 0 aromatic rings. The van der Waals surface area contributed by atoms with Crippen LogP contribution in [-0.4, -0.2) is 24.4 Å². The fourth-order valence-electron chi connectivity index (χ4n) is 1.77. The van der Waals surface area contributed by atoms with Gasteiger partial charge in [-0.25, -0.2) is 0 Å². The zero-order chi connectivity index (χ0) is 15.8.